The molecule has 0 saturated carbocycles. The van der Waals surface area contributed by atoms with Crippen molar-refractivity contribution in [3.63, 3.8) is 0 Å². The quantitative estimate of drug-likeness (QED) is 0.615. The summed E-state index contributed by atoms with van der Waals surface area (Å²) in [5, 5.41) is 5.75. The van der Waals surface area contributed by atoms with Gasteiger partial charge in [0.1, 0.15) is 17.3 Å². The molecule has 0 aliphatic carbocycles. The third-order valence-corrected chi connectivity index (χ3v) is 4.09. The lowest BCUT2D eigenvalue weighted by Crippen LogP contribution is -2.26. The van der Waals surface area contributed by atoms with Crippen molar-refractivity contribution in [2.24, 2.45) is 0 Å². The highest BCUT2D eigenvalue weighted by Gasteiger charge is 2.09. The van der Waals surface area contributed by atoms with Crippen LogP contribution in [-0.2, 0) is 6.42 Å². The van der Waals surface area contributed by atoms with Gasteiger partial charge in [0.05, 0.1) is 12.4 Å². The van der Waals surface area contributed by atoms with Gasteiger partial charge < -0.3 is 10.6 Å². The third kappa shape index (κ3) is 4.97. The summed E-state index contributed by atoms with van der Waals surface area (Å²) in [4.78, 5) is 31.7. The fourth-order valence-electron chi connectivity index (χ4n) is 2.55. The number of benzene rings is 2. The molecule has 0 fully saturated rings. The van der Waals surface area contributed by atoms with Crippen molar-refractivity contribution in [1.82, 2.24) is 15.3 Å². The topological polar surface area (TPSA) is 84.0 Å². The van der Waals surface area contributed by atoms with Crippen LogP contribution in [0.2, 0.25) is 0 Å². The van der Waals surface area contributed by atoms with Gasteiger partial charge in [-0.05, 0) is 49.2 Å². The molecule has 0 radical (unpaired) electrons. The number of hydrogen-bond donors (Lipinski definition) is 2. The van der Waals surface area contributed by atoms with Crippen LogP contribution in [0.15, 0.2) is 60.9 Å². The van der Waals surface area contributed by atoms with Crippen molar-refractivity contribution >= 4 is 23.2 Å². The first-order valence-electron chi connectivity index (χ1n) is 8.74. The molecule has 3 rings (SSSR count). The van der Waals surface area contributed by atoms with Crippen LogP contribution in [0.3, 0.4) is 0 Å². The standard InChI is InChI=1S/C21H19FN4O2/c1-14(27)15-6-8-17(9-7-15)26-20-13-24-19(12-25-20)21(28)23-11-10-16-4-2-3-5-18(16)22/h2-9,12-13H,10-11H2,1H3,(H,23,28)(H,25,26). The Bertz CT molecular complexity index is 972. The van der Waals surface area contributed by atoms with Crippen molar-refractivity contribution in [3.05, 3.63) is 83.6 Å². The van der Waals surface area contributed by atoms with E-state index in [4.69, 9.17) is 0 Å². The normalized spacial score (nSPS) is 10.4. The largest absolute Gasteiger partial charge is 0.350 e. The third-order valence-electron chi connectivity index (χ3n) is 4.09. The molecule has 0 saturated heterocycles. The molecule has 3 aromatic rings. The van der Waals surface area contributed by atoms with Crippen LogP contribution < -0.4 is 10.6 Å². The van der Waals surface area contributed by atoms with Crippen LogP contribution in [0.5, 0.6) is 0 Å². The maximum Gasteiger partial charge on any atom is 0.271 e. The Labute approximate surface area is 161 Å². The number of carbonyl (C=O) groups excluding carboxylic acids is 2. The molecule has 0 atom stereocenters. The summed E-state index contributed by atoms with van der Waals surface area (Å²) >= 11 is 0. The fourth-order valence-corrected chi connectivity index (χ4v) is 2.55. The summed E-state index contributed by atoms with van der Waals surface area (Å²) < 4.78 is 13.6. The van der Waals surface area contributed by atoms with E-state index in [0.29, 0.717) is 29.9 Å². The van der Waals surface area contributed by atoms with E-state index in [0.717, 1.165) is 5.69 Å². The number of nitrogens with one attached hydrogen (secondary N) is 2. The molecular formula is C21H19FN4O2. The highest BCUT2D eigenvalue weighted by atomic mass is 19.1. The molecular weight excluding hydrogens is 359 g/mol. The van der Waals surface area contributed by atoms with E-state index in [1.54, 1.807) is 42.5 Å². The molecule has 1 aromatic heterocycles. The Balaban J connectivity index is 1.53. The Hall–Kier alpha value is -3.61. The Kier molecular flexibility index (Phi) is 6.06. The van der Waals surface area contributed by atoms with E-state index in [-0.39, 0.29) is 23.2 Å². The average Bonchev–Trinajstić information content (AvgIpc) is 2.70. The van der Waals surface area contributed by atoms with Gasteiger partial charge in [0.15, 0.2) is 5.78 Å². The first-order chi connectivity index (χ1) is 13.5. The maximum atomic E-state index is 13.6. The highest BCUT2D eigenvalue weighted by molar-refractivity contribution is 5.94. The van der Waals surface area contributed by atoms with Gasteiger partial charge in [-0.15, -0.1) is 0 Å². The number of nitrogens with zero attached hydrogens (tertiary/aromatic N) is 2. The molecule has 7 heteroatoms. The number of anilines is 2. The van der Waals surface area contributed by atoms with Gasteiger partial charge in [0.2, 0.25) is 0 Å². The van der Waals surface area contributed by atoms with E-state index < -0.39 is 0 Å². The van der Waals surface area contributed by atoms with E-state index in [1.165, 1.54) is 25.4 Å². The van der Waals surface area contributed by atoms with Gasteiger partial charge in [-0.25, -0.2) is 14.4 Å². The zero-order chi connectivity index (χ0) is 19.9. The number of hydrogen-bond acceptors (Lipinski definition) is 5. The summed E-state index contributed by atoms with van der Waals surface area (Å²) in [7, 11) is 0. The van der Waals surface area contributed by atoms with Crippen molar-refractivity contribution in [1.29, 1.82) is 0 Å². The predicted molar refractivity (Wildman–Crippen MR) is 104 cm³/mol. The summed E-state index contributed by atoms with van der Waals surface area (Å²) in [5.74, 6) is -0.195. The Morgan fingerprint density at radius 2 is 1.75 bits per heavy atom. The van der Waals surface area contributed by atoms with Gasteiger partial charge in [-0.3, -0.25) is 9.59 Å². The molecule has 0 aliphatic rings. The van der Waals surface area contributed by atoms with Gasteiger partial charge >= 0.3 is 0 Å². The van der Waals surface area contributed by atoms with Crippen molar-refractivity contribution in [2.75, 3.05) is 11.9 Å². The second-order valence-electron chi connectivity index (χ2n) is 6.14. The van der Waals surface area contributed by atoms with E-state index in [2.05, 4.69) is 20.6 Å². The SMILES string of the molecule is CC(=O)c1ccc(Nc2cnc(C(=O)NCCc3ccccc3F)cn2)cc1. The molecule has 0 unspecified atom stereocenters. The van der Waals surface area contributed by atoms with Crippen molar-refractivity contribution < 1.29 is 14.0 Å². The van der Waals surface area contributed by atoms with Gasteiger partial charge in [-0.1, -0.05) is 18.2 Å². The zero-order valence-corrected chi connectivity index (χ0v) is 15.3. The van der Waals surface area contributed by atoms with Crippen LogP contribution in [0.1, 0.15) is 33.3 Å². The minimum Gasteiger partial charge on any atom is -0.350 e. The minimum absolute atomic E-state index is 0.00305. The number of amides is 1. The molecule has 0 spiro atoms. The van der Waals surface area contributed by atoms with Crippen LogP contribution >= 0.6 is 0 Å². The molecule has 142 valence electrons. The molecule has 1 heterocycles. The average molecular weight is 378 g/mol. The Morgan fingerprint density at radius 3 is 2.39 bits per heavy atom. The molecule has 28 heavy (non-hydrogen) atoms. The smallest absolute Gasteiger partial charge is 0.271 e. The lowest BCUT2D eigenvalue weighted by atomic mass is 10.1. The van der Waals surface area contributed by atoms with Crippen LogP contribution in [0.4, 0.5) is 15.9 Å². The molecule has 0 aliphatic heterocycles. The van der Waals surface area contributed by atoms with E-state index in [9.17, 15) is 14.0 Å². The number of carbonyl (C=O) groups is 2. The summed E-state index contributed by atoms with van der Waals surface area (Å²) in [6.07, 6.45) is 3.21. The number of Topliss-reactive ketones (excluding diaryl/α,β-unsaturated/α-hetero) is 1. The number of aromatic nitrogens is 2. The first kappa shape index (κ1) is 19.2. The molecule has 2 N–H and O–H groups in total. The zero-order valence-electron chi connectivity index (χ0n) is 15.3. The lowest BCUT2D eigenvalue weighted by molar-refractivity contribution is 0.0947. The van der Waals surface area contributed by atoms with Gasteiger partial charge in [0, 0.05) is 17.8 Å². The maximum absolute atomic E-state index is 13.6. The summed E-state index contributed by atoms with van der Waals surface area (Å²) in [6, 6.07) is 13.4. The van der Waals surface area contributed by atoms with E-state index >= 15 is 0 Å². The summed E-state index contributed by atoms with van der Waals surface area (Å²) in [5.41, 5.74) is 2.09. The minimum atomic E-state index is -0.374. The van der Waals surface area contributed by atoms with Crippen molar-refractivity contribution in [2.45, 2.75) is 13.3 Å². The van der Waals surface area contributed by atoms with Crippen molar-refractivity contribution in [3.8, 4) is 0 Å². The first-order valence-corrected chi connectivity index (χ1v) is 8.74. The van der Waals surface area contributed by atoms with E-state index in [1.807, 2.05) is 0 Å². The van der Waals surface area contributed by atoms with Gasteiger partial charge in [0.25, 0.3) is 5.91 Å². The number of halogens is 1. The van der Waals surface area contributed by atoms with Crippen LogP contribution in [0.25, 0.3) is 0 Å². The predicted octanol–water partition coefficient (Wildman–Crippen LogP) is 3.53. The molecule has 0 bridgehead atoms. The lowest BCUT2D eigenvalue weighted by Gasteiger charge is -2.08. The number of rotatable bonds is 7. The van der Waals surface area contributed by atoms with Gasteiger partial charge in [-0.2, -0.15) is 0 Å². The molecule has 1 amide bonds. The second-order valence-corrected chi connectivity index (χ2v) is 6.14. The number of ketones is 1. The van der Waals surface area contributed by atoms with Crippen LogP contribution in [-0.4, -0.2) is 28.2 Å². The monoisotopic (exact) mass is 378 g/mol. The fraction of sp³-hybridized carbons (Fsp3) is 0.143. The Morgan fingerprint density at radius 1 is 1.00 bits per heavy atom. The molecule has 6 nitrogen and oxygen atoms in total. The second kappa shape index (κ2) is 8.85. The molecule has 2 aromatic carbocycles. The highest BCUT2D eigenvalue weighted by Crippen LogP contribution is 2.15. The summed E-state index contributed by atoms with van der Waals surface area (Å²) in [6.45, 7) is 1.80. The van der Waals surface area contributed by atoms with Crippen LogP contribution in [0, 0.1) is 5.82 Å².